The molecule has 0 bridgehead atoms. The number of carbonyl (C=O) groups excluding carboxylic acids is 1. The van der Waals surface area contributed by atoms with Gasteiger partial charge in [0, 0.05) is 6.04 Å². The van der Waals surface area contributed by atoms with E-state index in [4.69, 9.17) is 4.74 Å². The van der Waals surface area contributed by atoms with Crippen LogP contribution in [0.5, 0.6) is 5.75 Å². The second-order valence-corrected chi connectivity index (χ2v) is 4.83. The third kappa shape index (κ3) is 3.04. The first kappa shape index (κ1) is 13.8. The second-order valence-electron chi connectivity index (χ2n) is 4.83. The van der Waals surface area contributed by atoms with Crippen molar-refractivity contribution in [3.63, 3.8) is 0 Å². The predicted molar refractivity (Wildman–Crippen MR) is 70.9 cm³/mol. The summed E-state index contributed by atoms with van der Waals surface area (Å²) in [6, 6.07) is 4.38. The monoisotopic (exact) mass is 266 g/mol. The lowest BCUT2D eigenvalue weighted by Crippen LogP contribution is -2.39. The molecule has 1 aliphatic heterocycles. The Balaban J connectivity index is 2.11. The minimum absolute atomic E-state index is 0.00631. The first-order valence-electron chi connectivity index (χ1n) is 6.47. The third-order valence-electron chi connectivity index (χ3n) is 3.59. The van der Waals surface area contributed by atoms with Gasteiger partial charge in [0.15, 0.2) is 0 Å². The predicted octanol–water partition coefficient (Wildman–Crippen LogP) is 1.56. The topological polar surface area (TPSA) is 50.4 Å². The van der Waals surface area contributed by atoms with Gasteiger partial charge in [0.2, 0.25) is 0 Å². The number of nitrogens with one attached hydrogen (secondary N) is 2. The largest absolute Gasteiger partial charge is 0.496 e. The number of halogens is 1. The Morgan fingerprint density at radius 2 is 2.37 bits per heavy atom. The highest BCUT2D eigenvalue weighted by Crippen LogP contribution is 2.22. The molecule has 1 aromatic rings. The van der Waals surface area contributed by atoms with Crippen molar-refractivity contribution < 1.29 is 13.9 Å². The molecule has 1 aliphatic rings. The van der Waals surface area contributed by atoms with Crippen molar-refractivity contribution in [3.05, 3.63) is 29.6 Å². The SMILES string of the molecule is COc1cccc(F)c1C(=O)NC(C)C1CCNC1. The molecule has 0 saturated carbocycles. The lowest BCUT2D eigenvalue weighted by Gasteiger charge is -2.20. The van der Waals surface area contributed by atoms with Gasteiger partial charge in [0.05, 0.1) is 7.11 Å². The molecule has 1 saturated heterocycles. The molecule has 0 aromatic heterocycles. The first-order chi connectivity index (χ1) is 9.13. The van der Waals surface area contributed by atoms with E-state index in [0.29, 0.717) is 5.92 Å². The van der Waals surface area contributed by atoms with Crippen molar-refractivity contribution in [1.29, 1.82) is 0 Å². The standard InChI is InChI=1S/C14H19FN2O2/c1-9(10-6-7-16-8-10)17-14(18)13-11(15)4-3-5-12(13)19-2/h3-5,9-10,16H,6-8H2,1-2H3,(H,17,18). The van der Waals surface area contributed by atoms with Crippen LogP contribution in [0.25, 0.3) is 0 Å². The van der Waals surface area contributed by atoms with Crippen molar-refractivity contribution in [2.45, 2.75) is 19.4 Å². The minimum atomic E-state index is -0.561. The number of methoxy groups -OCH3 is 1. The molecule has 5 heteroatoms. The summed E-state index contributed by atoms with van der Waals surface area (Å²) in [6.45, 7) is 3.80. The van der Waals surface area contributed by atoms with Gasteiger partial charge in [-0.3, -0.25) is 4.79 Å². The number of carbonyl (C=O) groups is 1. The van der Waals surface area contributed by atoms with E-state index in [1.807, 2.05) is 6.92 Å². The maximum Gasteiger partial charge on any atom is 0.258 e. The van der Waals surface area contributed by atoms with E-state index in [2.05, 4.69) is 10.6 Å². The number of hydrogen-bond acceptors (Lipinski definition) is 3. The van der Waals surface area contributed by atoms with E-state index in [1.165, 1.54) is 19.2 Å². The van der Waals surface area contributed by atoms with Crippen LogP contribution in [-0.4, -0.2) is 32.1 Å². The van der Waals surface area contributed by atoms with Gasteiger partial charge >= 0.3 is 0 Å². The fourth-order valence-corrected chi connectivity index (χ4v) is 2.40. The fourth-order valence-electron chi connectivity index (χ4n) is 2.40. The molecule has 0 aliphatic carbocycles. The van der Waals surface area contributed by atoms with Crippen LogP contribution >= 0.6 is 0 Å². The van der Waals surface area contributed by atoms with E-state index in [0.717, 1.165) is 19.5 Å². The number of ether oxygens (including phenoxy) is 1. The van der Waals surface area contributed by atoms with Crippen molar-refractivity contribution in [2.24, 2.45) is 5.92 Å². The lowest BCUT2D eigenvalue weighted by atomic mass is 10.00. The average molecular weight is 266 g/mol. The van der Waals surface area contributed by atoms with Crippen molar-refractivity contribution in [1.82, 2.24) is 10.6 Å². The summed E-state index contributed by atoms with van der Waals surface area (Å²) >= 11 is 0. The Morgan fingerprint density at radius 1 is 1.58 bits per heavy atom. The molecule has 2 unspecified atom stereocenters. The van der Waals surface area contributed by atoms with E-state index >= 15 is 0 Å². The van der Waals surface area contributed by atoms with Crippen LogP contribution in [-0.2, 0) is 0 Å². The van der Waals surface area contributed by atoms with Crippen molar-refractivity contribution >= 4 is 5.91 Å². The summed E-state index contributed by atoms with van der Waals surface area (Å²) in [4.78, 5) is 12.2. The van der Waals surface area contributed by atoms with Gasteiger partial charge in [-0.25, -0.2) is 4.39 Å². The Bertz CT molecular complexity index is 459. The van der Waals surface area contributed by atoms with Crippen LogP contribution in [0.15, 0.2) is 18.2 Å². The normalized spacial score (nSPS) is 20.1. The first-order valence-corrected chi connectivity index (χ1v) is 6.47. The average Bonchev–Trinajstić information content (AvgIpc) is 2.92. The number of rotatable bonds is 4. The van der Waals surface area contributed by atoms with Crippen molar-refractivity contribution in [2.75, 3.05) is 20.2 Å². The Hall–Kier alpha value is -1.62. The van der Waals surface area contributed by atoms with Gasteiger partial charge in [-0.2, -0.15) is 0 Å². The van der Waals surface area contributed by atoms with E-state index in [-0.39, 0.29) is 17.4 Å². The second kappa shape index (κ2) is 6.02. The smallest absolute Gasteiger partial charge is 0.258 e. The van der Waals surface area contributed by atoms with Gasteiger partial charge in [0.1, 0.15) is 17.1 Å². The number of benzene rings is 1. The zero-order valence-corrected chi connectivity index (χ0v) is 11.2. The minimum Gasteiger partial charge on any atom is -0.496 e. The molecule has 4 nitrogen and oxygen atoms in total. The molecule has 104 valence electrons. The molecule has 19 heavy (non-hydrogen) atoms. The summed E-state index contributed by atoms with van der Waals surface area (Å²) in [5, 5.41) is 6.10. The number of amides is 1. The third-order valence-corrected chi connectivity index (χ3v) is 3.59. The van der Waals surface area contributed by atoms with Gasteiger partial charge < -0.3 is 15.4 Å². The van der Waals surface area contributed by atoms with Crippen LogP contribution in [0.2, 0.25) is 0 Å². The van der Waals surface area contributed by atoms with Gasteiger partial charge in [-0.1, -0.05) is 6.07 Å². The summed E-state index contributed by atoms with van der Waals surface area (Å²) < 4.78 is 18.8. The molecule has 1 amide bonds. The summed E-state index contributed by atoms with van der Waals surface area (Å²) in [7, 11) is 1.43. The molecule has 2 atom stereocenters. The summed E-state index contributed by atoms with van der Waals surface area (Å²) in [6.07, 6.45) is 1.02. The zero-order valence-electron chi connectivity index (χ0n) is 11.2. The molecule has 0 radical (unpaired) electrons. The number of hydrogen-bond donors (Lipinski definition) is 2. The van der Waals surface area contributed by atoms with E-state index in [9.17, 15) is 9.18 Å². The maximum absolute atomic E-state index is 13.8. The molecule has 0 spiro atoms. The lowest BCUT2D eigenvalue weighted by molar-refractivity contribution is 0.0921. The summed E-state index contributed by atoms with van der Waals surface area (Å²) in [5.74, 6) is -0.334. The fraction of sp³-hybridized carbons (Fsp3) is 0.500. The van der Waals surface area contributed by atoms with Gasteiger partial charge in [-0.05, 0) is 44.5 Å². The molecule has 1 fully saturated rings. The highest BCUT2D eigenvalue weighted by Gasteiger charge is 2.25. The highest BCUT2D eigenvalue weighted by molar-refractivity contribution is 5.97. The quantitative estimate of drug-likeness (QED) is 0.869. The van der Waals surface area contributed by atoms with E-state index in [1.54, 1.807) is 6.07 Å². The Morgan fingerprint density at radius 3 is 3.00 bits per heavy atom. The van der Waals surface area contributed by atoms with Crippen LogP contribution in [0.4, 0.5) is 4.39 Å². The van der Waals surface area contributed by atoms with E-state index < -0.39 is 11.7 Å². The Labute approximate surface area is 112 Å². The molecule has 2 N–H and O–H groups in total. The van der Waals surface area contributed by atoms with Crippen LogP contribution in [0.3, 0.4) is 0 Å². The van der Waals surface area contributed by atoms with Crippen LogP contribution in [0.1, 0.15) is 23.7 Å². The Kier molecular flexibility index (Phi) is 4.37. The zero-order chi connectivity index (χ0) is 13.8. The molecule has 1 heterocycles. The molecular weight excluding hydrogens is 247 g/mol. The van der Waals surface area contributed by atoms with Crippen LogP contribution < -0.4 is 15.4 Å². The molecule has 2 rings (SSSR count). The summed E-state index contributed by atoms with van der Waals surface area (Å²) in [5.41, 5.74) is -0.0252. The maximum atomic E-state index is 13.8. The molecule has 1 aromatic carbocycles. The molecular formula is C14H19FN2O2. The van der Waals surface area contributed by atoms with Crippen molar-refractivity contribution in [3.8, 4) is 5.75 Å². The van der Waals surface area contributed by atoms with Gasteiger partial charge in [0.25, 0.3) is 5.91 Å². The highest BCUT2D eigenvalue weighted by atomic mass is 19.1. The van der Waals surface area contributed by atoms with Crippen LogP contribution in [0, 0.1) is 11.7 Å². The van der Waals surface area contributed by atoms with Gasteiger partial charge in [-0.15, -0.1) is 0 Å².